The van der Waals surface area contributed by atoms with Crippen LogP contribution in [0.15, 0.2) is 0 Å². The van der Waals surface area contributed by atoms with Crippen LogP contribution in [0.2, 0.25) is 0 Å². The van der Waals surface area contributed by atoms with E-state index in [0.29, 0.717) is 6.42 Å². The number of esters is 1. The molecule has 6 unspecified atom stereocenters. The van der Waals surface area contributed by atoms with E-state index in [1.807, 2.05) is 0 Å². The summed E-state index contributed by atoms with van der Waals surface area (Å²) >= 11 is 0. The fourth-order valence-electron chi connectivity index (χ4n) is 6.04. The van der Waals surface area contributed by atoms with E-state index >= 15 is 0 Å². The third-order valence-electron chi connectivity index (χ3n) is 7.92. The van der Waals surface area contributed by atoms with Crippen molar-refractivity contribution in [1.82, 2.24) is 0 Å². The Balaban J connectivity index is 1.74. The molecule has 4 rings (SSSR count). The molecule has 4 aliphatic rings. The van der Waals surface area contributed by atoms with Crippen molar-refractivity contribution in [2.75, 3.05) is 6.61 Å². The fourth-order valence-corrected chi connectivity index (χ4v) is 6.04. The lowest BCUT2D eigenvalue weighted by atomic mass is 9.90. The monoisotopic (exact) mass is 544 g/mol. The SMILES string of the molecule is CC1C2CC3C1C3(C(=O)OCC(F)(F)C(F)(F)CC(F)(F)C(F)(F)C(F)(F)C(F)(F)C(F)F)C2C. The van der Waals surface area contributed by atoms with Crippen LogP contribution in [0.25, 0.3) is 0 Å². The molecule has 0 N–H and O–H groups in total. The van der Waals surface area contributed by atoms with Gasteiger partial charge in [-0.1, -0.05) is 13.8 Å². The van der Waals surface area contributed by atoms with Gasteiger partial charge in [0.2, 0.25) is 0 Å². The van der Waals surface area contributed by atoms with Crippen LogP contribution >= 0.6 is 0 Å². The average molecular weight is 544 g/mol. The van der Waals surface area contributed by atoms with Crippen molar-refractivity contribution < 1.29 is 71.0 Å². The molecule has 0 saturated heterocycles. The first-order valence-electron chi connectivity index (χ1n) is 10.2. The first kappa shape index (κ1) is 28.1. The van der Waals surface area contributed by atoms with Gasteiger partial charge in [0.15, 0.2) is 6.61 Å². The average Bonchev–Trinajstić information content (AvgIpc) is 2.98. The van der Waals surface area contributed by atoms with Crippen molar-refractivity contribution >= 4 is 5.97 Å². The summed E-state index contributed by atoms with van der Waals surface area (Å²) in [5.74, 6) is -43.7. The molecule has 4 fully saturated rings. The van der Waals surface area contributed by atoms with Crippen molar-refractivity contribution in [3.8, 4) is 0 Å². The summed E-state index contributed by atoms with van der Waals surface area (Å²) < 4.78 is 190. The van der Waals surface area contributed by atoms with Crippen molar-refractivity contribution in [2.24, 2.45) is 35.0 Å². The van der Waals surface area contributed by atoms with Gasteiger partial charge in [-0.05, 0) is 36.0 Å². The van der Waals surface area contributed by atoms with E-state index in [1.54, 1.807) is 13.8 Å². The van der Waals surface area contributed by atoms with E-state index in [-0.39, 0.29) is 29.6 Å². The molecular weight excluding hydrogens is 526 g/mol. The molecule has 4 aliphatic carbocycles. The first-order valence-corrected chi connectivity index (χ1v) is 10.2. The predicted octanol–water partition coefficient (Wildman–Crippen LogP) is 6.53. The van der Waals surface area contributed by atoms with E-state index in [1.165, 1.54) is 0 Å². The third kappa shape index (κ3) is 3.38. The normalized spacial score (nSPS) is 33.5. The van der Waals surface area contributed by atoms with E-state index in [4.69, 9.17) is 0 Å². The minimum Gasteiger partial charge on any atom is -0.459 e. The van der Waals surface area contributed by atoms with Crippen LogP contribution < -0.4 is 0 Å². The lowest BCUT2D eigenvalue weighted by Gasteiger charge is -2.38. The van der Waals surface area contributed by atoms with E-state index in [0.717, 1.165) is 0 Å². The summed E-state index contributed by atoms with van der Waals surface area (Å²) in [6.07, 6.45) is -9.22. The molecule has 0 aliphatic heterocycles. The zero-order valence-electron chi connectivity index (χ0n) is 17.7. The number of carbonyl (C=O) groups excluding carboxylic acids is 1. The van der Waals surface area contributed by atoms with Crippen LogP contribution in [-0.2, 0) is 9.53 Å². The molecule has 4 bridgehead atoms. The van der Waals surface area contributed by atoms with Gasteiger partial charge in [-0.15, -0.1) is 0 Å². The number of rotatable bonds is 10. The first-order chi connectivity index (χ1) is 15.4. The molecule has 16 heteroatoms. The second kappa shape index (κ2) is 7.51. The standard InChI is InChI=1S/C19H18F14O2/c1-6-8-3-9-10(6)16(9,7(8)2)12(34)35-5-15(26,27)13(22,23)4-14(24,25)18(30,31)19(32,33)17(28,29)11(20)21/h6-11H,3-5H2,1-2H3. The molecule has 6 atom stereocenters. The Morgan fingerprint density at radius 3 is 1.74 bits per heavy atom. The highest BCUT2D eigenvalue weighted by Crippen LogP contribution is 2.83. The maximum atomic E-state index is 14.0. The predicted molar refractivity (Wildman–Crippen MR) is 87.1 cm³/mol. The van der Waals surface area contributed by atoms with E-state index in [2.05, 4.69) is 4.74 Å². The highest BCUT2D eigenvalue weighted by atomic mass is 19.4. The lowest BCUT2D eigenvalue weighted by molar-refractivity contribution is -0.393. The van der Waals surface area contributed by atoms with Crippen molar-refractivity contribution in [1.29, 1.82) is 0 Å². The summed E-state index contributed by atoms with van der Waals surface area (Å²) in [7, 11) is 0. The molecule has 0 amide bonds. The zero-order valence-corrected chi connectivity index (χ0v) is 17.7. The smallest absolute Gasteiger partial charge is 0.384 e. The highest BCUT2D eigenvalue weighted by Gasteiger charge is 2.86. The van der Waals surface area contributed by atoms with Gasteiger partial charge in [0.1, 0.15) is 0 Å². The van der Waals surface area contributed by atoms with Crippen LogP contribution in [-0.4, -0.2) is 54.5 Å². The lowest BCUT2D eigenvalue weighted by Crippen LogP contribution is -2.65. The van der Waals surface area contributed by atoms with Gasteiger partial charge in [0.25, 0.3) is 0 Å². The largest absolute Gasteiger partial charge is 0.459 e. The summed E-state index contributed by atoms with van der Waals surface area (Å²) in [4.78, 5) is 12.4. The zero-order chi connectivity index (χ0) is 27.4. The quantitative estimate of drug-likeness (QED) is 0.231. The van der Waals surface area contributed by atoms with Gasteiger partial charge >= 0.3 is 47.9 Å². The molecule has 0 radical (unpaired) electrons. The number of hydrogen-bond donors (Lipinski definition) is 0. The van der Waals surface area contributed by atoms with Gasteiger partial charge in [-0.3, -0.25) is 4.79 Å². The molecule has 0 spiro atoms. The van der Waals surface area contributed by atoms with Gasteiger partial charge in [-0.2, -0.15) is 52.7 Å². The van der Waals surface area contributed by atoms with E-state index in [9.17, 15) is 66.3 Å². The second-order valence-electron chi connectivity index (χ2n) is 9.55. The van der Waals surface area contributed by atoms with Crippen molar-refractivity contribution in [3.63, 3.8) is 0 Å². The number of carbonyl (C=O) groups is 1. The number of hydrogen-bond acceptors (Lipinski definition) is 2. The van der Waals surface area contributed by atoms with Gasteiger partial charge in [0, 0.05) is 0 Å². The minimum atomic E-state index is -7.61. The Morgan fingerprint density at radius 1 is 0.857 bits per heavy atom. The molecule has 4 saturated carbocycles. The van der Waals surface area contributed by atoms with Crippen LogP contribution in [0.1, 0.15) is 26.7 Å². The van der Waals surface area contributed by atoms with Crippen LogP contribution in [0.3, 0.4) is 0 Å². The summed E-state index contributed by atoms with van der Waals surface area (Å²) in [6.45, 7) is 0.795. The number of ether oxygens (including phenoxy) is 1. The molecule has 0 aromatic carbocycles. The van der Waals surface area contributed by atoms with Crippen molar-refractivity contribution in [3.05, 3.63) is 0 Å². The third-order valence-corrected chi connectivity index (χ3v) is 7.92. The molecule has 0 aromatic rings. The summed E-state index contributed by atoms with van der Waals surface area (Å²) in [6, 6.07) is 0. The minimum absolute atomic E-state index is 0.00143. The Kier molecular flexibility index (Phi) is 6.02. The molecule has 0 heterocycles. The van der Waals surface area contributed by atoms with Gasteiger partial charge in [0.05, 0.1) is 11.8 Å². The van der Waals surface area contributed by atoms with E-state index < -0.39 is 66.4 Å². The Hall–Kier alpha value is -1.51. The second-order valence-corrected chi connectivity index (χ2v) is 9.55. The topological polar surface area (TPSA) is 26.3 Å². The summed E-state index contributed by atoms with van der Waals surface area (Å²) in [5.41, 5.74) is -1.24. The maximum absolute atomic E-state index is 14.0. The Bertz CT molecular complexity index is 868. The molecule has 0 aromatic heterocycles. The Labute approximate surface area is 188 Å². The van der Waals surface area contributed by atoms with Crippen LogP contribution in [0.4, 0.5) is 61.5 Å². The number of alkyl halides is 14. The highest BCUT2D eigenvalue weighted by molar-refractivity contribution is 5.84. The molecule has 204 valence electrons. The van der Waals surface area contributed by atoms with Crippen LogP contribution in [0.5, 0.6) is 0 Å². The van der Waals surface area contributed by atoms with Gasteiger partial charge in [-0.25, -0.2) is 8.78 Å². The fraction of sp³-hybridized carbons (Fsp3) is 0.947. The van der Waals surface area contributed by atoms with Gasteiger partial charge < -0.3 is 4.74 Å². The molecule has 35 heavy (non-hydrogen) atoms. The van der Waals surface area contributed by atoms with Crippen molar-refractivity contribution in [2.45, 2.75) is 68.6 Å². The molecule has 2 nitrogen and oxygen atoms in total. The molecular formula is C19H18F14O2. The number of halogens is 14. The summed E-state index contributed by atoms with van der Waals surface area (Å²) in [5, 5.41) is 0. The maximum Gasteiger partial charge on any atom is 0.384 e. The van der Waals surface area contributed by atoms with Crippen LogP contribution in [0, 0.1) is 35.0 Å². The Morgan fingerprint density at radius 2 is 1.37 bits per heavy atom.